The predicted octanol–water partition coefficient (Wildman–Crippen LogP) is 3.41. The van der Waals surface area contributed by atoms with Crippen molar-refractivity contribution in [1.82, 2.24) is 9.78 Å². The van der Waals surface area contributed by atoms with Crippen LogP contribution in [0.2, 0.25) is 0 Å². The number of hydrogen-bond donors (Lipinski definition) is 0. The van der Waals surface area contributed by atoms with Crippen LogP contribution in [0.3, 0.4) is 0 Å². The van der Waals surface area contributed by atoms with Crippen molar-refractivity contribution < 1.29 is 0 Å². The fourth-order valence-corrected chi connectivity index (χ4v) is 1.92. The number of hydrogen-bond acceptors (Lipinski definition) is 1. The van der Waals surface area contributed by atoms with Crippen LogP contribution in [0.15, 0.2) is 18.2 Å². The van der Waals surface area contributed by atoms with Gasteiger partial charge in [-0.15, -0.1) is 0 Å². The van der Waals surface area contributed by atoms with E-state index in [4.69, 9.17) is 0 Å². The van der Waals surface area contributed by atoms with Crippen LogP contribution in [-0.4, -0.2) is 9.78 Å². The molecule has 0 radical (unpaired) electrons. The Morgan fingerprint density at radius 2 is 1.62 bits per heavy atom. The Balaban J connectivity index is 2.68. The monoisotopic (exact) mass is 214 g/mol. The van der Waals surface area contributed by atoms with E-state index in [1.54, 1.807) is 0 Å². The van der Waals surface area contributed by atoms with Gasteiger partial charge >= 0.3 is 0 Å². The number of benzene rings is 1. The predicted molar refractivity (Wildman–Crippen MR) is 67.2 cm³/mol. The van der Waals surface area contributed by atoms with Crippen LogP contribution in [0.4, 0.5) is 0 Å². The van der Waals surface area contributed by atoms with Crippen LogP contribution in [0, 0.1) is 34.6 Å². The Bertz CT molecular complexity index is 536. The first kappa shape index (κ1) is 10.9. The quantitative estimate of drug-likeness (QED) is 0.711. The summed E-state index contributed by atoms with van der Waals surface area (Å²) in [7, 11) is 0. The molecule has 0 bridgehead atoms. The third-order valence-corrected chi connectivity index (χ3v) is 3.46. The Labute approximate surface area is 96.9 Å². The first-order chi connectivity index (χ1) is 7.52. The van der Waals surface area contributed by atoms with Crippen molar-refractivity contribution in [2.24, 2.45) is 0 Å². The number of rotatable bonds is 1. The van der Waals surface area contributed by atoms with E-state index in [9.17, 15) is 0 Å². The molecule has 2 nitrogen and oxygen atoms in total. The van der Waals surface area contributed by atoms with E-state index in [-0.39, 0.29) is 0 Å². The van der Waals surface area contributed by atoms with Crippen LogP contribution in [-0.2, 0) is 0 Å². The van der Waals surface area contributed by atoms with E-state index >= 15 is 0 Å². The molecule has 16 heavy (non-hydrogen) atoms. The molecule has 1 aromatic carbocycles. The minimum atomic E-state index is 1.11. The summed E-state index contributed by atoms with van der Waals surface area (Å²) in [6, 6.07) is 6.35. The van der Waals surface area contributed by atoms with Gasteiger partial charge in [0.05, 0.1) is 11.4 Å². The summed E-state index contributed by atoms with van der Waals surface area (Å²) in [5, 5.41) is 4.60. The summed E-state index contributed by atoms with van der Waals surface area (Å²) in [6.07, 6.45) is 0. The first-order valence-electron chi connectivity index (χ1n) is 5.61. The fraction of sp³-hybridized carbons (Fsp3) is 0.357. The lowest BCUT2D eigenvalue weighted by Gasteiger charge is -2.10. The van der Waals surface area contributed by atoms with Crippen LogP contribution in [0.1, 0.15) is 28.1 Å². The molecule has 0 N–H and O–H groups in total. The van der Waals surface area contributed by atoms with Gasteiger partial charge in [-0.3, -0.25) is 0 Å². The van der Waals surface area contributed by atoms with Crippen LogP contribution in [0.5, 0.6) is 0 Å². The largest absolute Gasteiger partial charge is 0.237 e. The maximum atomic E-state index is 4.60. The lowest BCUT2D eigenvalue weighted by molar-refractivity contribution is 0.825. The van der Waals surface area contributed by atoms with Gasteiger partial charge in [-0.05, 0) is 57.4 Å². The lowest BCUT2D eigenvalue weighted by atomic mass is 10.1. The highest BCUT2D eigenvalue weighted by Gasteiger charge is 2.10. The molecular formula is C14H18N2. The first-order valence-corrected chi connectivity index (χ1v) is 5.61. The van der Waals surface area contributed by atoms with E-state index in [1.807, 2.05) is 4.68 Å². The van der Waals surface area contributed by atoms with Gasteiger partial charge in [-0.25, -0.2) is 4.68 Å². The topological polar surface area (TPSA) is 17.8 Å². The Morgan fingerprint density at radius 3 is 2.19 bits per heavy atom. The van der Waals surface area contributed by atoms with Gasteiger partial charge in [-0.1, -0.05) is 12.1 Å². The molecule has 0 aliphatic heterocycles. The van der Waals surface area contributed by atoms with E-state index in [2.05, 4.69) is 57.9 Å². The Morgan fingerprint density at radius 1 is 0.938 bits per heavy atom. The highest BCUT2D eigenvalue weighted by Crippen LogP contribution is 2.21. The fourth-order valence-electron chi connectivity index (χ4n) is 1.92. The molecule has 0 saturated carbocycles. The minimum Gasteiger partial charge on any atom is -0.237 e. The Kier molecular flexibility index (Phi) is 2.58. The molecule has 0 atom stereocenters. The maximum absolute atomic E-state index is 4.60. The second-order valence-corrected chi connectivity index (χ2v) is 4.43. The zero-order valence-corrected chi connectivity index (χ0v) is 10.6. The van der Waals surface area contributed by atoms with Crippen molar-refractivity contribution in [3.8, 4) is 5.69 Å². The molecule has 84 valence electrons. The van der Waals surface area contributed by atoms with Gasteiger partial charge in [0, 0.05) is 5.69 Å². The molecule has 0 unspecified atom stereocenters. The second-order valence-electron chi connectivity index (χ2n) is 4.43. The van der Waals surface area contributed by atoms with E-state index in [0.717, 1.165) is 5.69 Å². The molecule has 2 heteroatoms. The maximum Gasteiger partial charge on any atom is 0.0680 e. The summed E-state index contributed by atoms with van der Waals surface area (Å²) >= 11 is 0. The van der Waals surface area contributed by atoms with Crippen LogP contribution in [0.25, 0.3) is 5.69 Å². The summed E-state index contributed by atoms with van der Waals surface area (Å²) in [5.74, 6) is 0. The SMILES string of the molecule is Cc1cccc(-n2nc(C)c(C)c2C)c1C. The van der Waals surface area contributed by atoms with Gasteiger partial charge in [0.1, 0.15) is 0 Å². The van der Waals surface area contributed by atoms with E-state index < -0.39 is 0 Å². The number of aromatic nitrogens is 2. The molecular weight excluding hydrogens is 196 g/mol. The van der Waals surface area contributed by atoms with Gasteiger partial charge in [0.2, 0.25) is 0 Å². The van der Waals surface area contributed by atoms with E-state index in [1.165, 1.54) is 28.1 Å². The third kappa shape index (κ3) is 1.54. The zero-order valence-electron chi connectivity index (χ0n) is 10.6. The molecule has 0 saturated heterocycles. The summed E-state index contributed by atoms with van der Waals surface area (Å²) < 4.78 is 2.05. The summed E-state index contributed by atoms with van der Waals surface area (Å²) in [5.41, 5.74) is 7.41. The van der Waals surface area contributed by atoms with Crippen LogP contribution < -0.4 is 0 Å². The average molecular weight is 214 g/mol. The summed E-state index contributed by atoms with van der Waals surface area (Å²) in [4.78, 5) is 0. The number of aryl methyl sites for hydroxylation is 2. The van der Waals surface area contributed by atoms with E-state index in [0.29, 0.717) is 0 Å². The molecule has 0 aliphatic carbocycles. The summed E-state index contributed by atoms with van der Waals surface area (Å²) in [6.45, 7) is 10.6. The van der Waals surface area contributed by atoms with Crippen molar-refractivity contribution >= 4 is 0 Å². The van der Waals surface area contributed by atoms with Crippen molar-refractivity contribution in [2.75, 3.05) is 0 Å². The van der Waals surface area contributed by atoms with Crippen LogP contribution >= 0.6 is 0 Å². The normalized spacial score (nSPS) is 10.8. The Hall–Kier alpha value is -1.57. The molecule has 0 fully saturated rings. The molecule has 1 heterocycles. The van der Waals surface area contributed by atoms with Gasteiger partial charge in [0.25, 0.3) is 0 Å². The van der Waals surface area contributed by atoms with Gasteiger partial charge < -0.3 is 0 Å². The van der Waals surface area contributed by atoms with Crippen molar-refractivity contribution in [2.45, 2.75) is 34.6 Å². The van der Waals surface area contributed by atoms with Crippen molar-refractivity contribution in [3.63, 3.8) is 0 Å². The smallest absolute Gasteiger partial charge is 0.0680 e. The van der Waals surface area contributed by atoms with Crippen molar-refractivity contribution in [3.05, 3.63) is 46.3 Å². The third-order valence-electron chi connectivity index (χ3n) is 3.46. The molecule has 0 spiro atoms. The molecule has 2 aromatic rings. The molecule has 0 aliphatic rings. The van der Waals surface area contributed by atoms with Crippen molar-refractivity contribution in [1.29, 1.82) is 0 Å². The zero-order chi connectivity index (χ0) is 11.9. The average Bonchev–Trinajstić information content (AvgIpc) is 2.50. The van der Waals surface area contributed by atoms with Gasteiger partial charge in [0.15, 0.2) is 0 Å². The van der Waals surface area contributed by atoms with Gasteiger partial charge in [-0.2, -0.15) is 5.10 Å². The minimum absolute atomic E-state index is 1.11. The lowest BCUT2D eigenvalue weighted by Crippen LogP contribution is -2.02. The highest BCUT2D eigenvalue weighted by atomic mass is 15.3. The standard InChI is InChI=1S/C14H18N2/c1-9-7-6-8-14(10(9)2)16-13(5)11(3)12(4)15-16/h6-8H,1-5H3. The molecule has 0 amide bonds. The second kappa shape index (κ2) is 3.78. The molecule has 1 aromatic heterocycles. The number of nitrogens with zero attached hydrogens (tertiary/aromatic N) is 2. The highest BCUT2D eigenvalue weighted by molar-refractivity contribution is 5.46. The molecule has 2 rings (SSSR count).